The van der Waals surface area contributed by atoms with Gasteiger partial charge in [0.2, 0.25) is 0 Å². The first-order valence-corrected chi connectivity index (χ1v) is 5.73. The zero-order chi connectivity index (χ0) is 11.1. The summed E-state index contributed by atoms with van der Waals surface area (Å²) in [7, 11) is 0. The van der Waals surface area contributed by atoms with E-state index in [1.165, 1.54) is 5.56 Å². The molecule has 0 bridgehead atoms. The first-order valence-electron chi connectivity index (χ1n) is 5.73. The van der Waals surface area contributed by atoms with Gasteiger partial charge in [0.05, 0.1) is 6.10 Å². The number of benzene rings is 1. The monoisotopic (exact) mass is 207 g/mol. The van der Waals surface area contributed by atoms with Gasteiger partial charge in [-0.2, -0.15) is 0 Å². The van der Waals surface area contributed by atoms with Crippen LogP contribution in [-0.2, 0) is 6.54 Å². The number of hydrogen-bond donors (Lipinski definition) is 1. The highest BCUT2D eigenvalue weighted by atomic mass is 16.5. The average molecular weight is 207 g/mol. The van der Waals surface area contributed by atoms with Gasteiger partial charge in [0, 0.05) is 12.1 Å². The topological polar surface area (TPSA) is 21.3 Å². The molecular weight excluding hydrogens is 186 g/mol. The molecule has 1 rings (SSSR count). The lowest BCUT2D eigenvalue weighted by atomic mass is 10.2. The SMILES string of the molecule is CCNCc1ccccc1O[C@@H](C)CC. The molecule has 0 aromatic heterocycles. The molecule has 0 unspecified atom stereocenters. The molecule has 15 heavy (non-hydrogen) atoms. The van der Waals surface area contributed by atoms with Crippen molar-refractivity contribution in [2.24, 2.45) is 0 Å². The van der Waals surface area contributed by atoms with Gasteiger partial charge in [0.1, 0.15) is 5.75 Å². The highest BCUT2D eigenvalue weighted by Gasteiger charge is 2.05. The fourth-order valence-electron chi connectivity index (χ4n) is 1.32. The predicted molar refractivity (Wildman–Crippen MR) is 64.2 cm³/mol. The summed E-state index contributed by atoms with van der Waals surface area (Å²) in [4.78, 5) is 0. The Bertz CT molecular complexity index is 286. The average Bonchev–Trinajstić information content (AvgIpc) is 2.28. The van der Waals surface area contributed by atoms with Crippen LogP contribution in [0.15, 0.2) is 24.3 Å². The molecule has 1 N–H and O–H groups in total. The van der Waals surface area contributed by atoms with E-state index in [-0.39, 0.29) is 6.10 Å². The van der Waals surface area contributed by atoms with E-state index in [1.807, 2.05) is 12.1 Å². The van der Waals surface area contributed by atoms with Crippen molar-refractivity contribution in [2.45, 2.75) is 39.8 Å². The van der Waals surface area contributed by atoms with Crippen LogP contribution in [0.4, 0.5) is 0 Å². The van der Waals surface area contributed by atoms with Crippen molar-refractivity contribution in [2.75, 3.05) is 6.54 Å². The zero-order valence-electron chi connectivity index (χ0n) is 9.92. The van der Waals surface area contributed by atoms with Gasteiger partial charge < -0.3 is 10.1 Å². The molecule has 0 saturated heterocycles. The number of ether oxygens (including phenoxy) is 1. The molecule has 0 aliphatic heterocycles. The Morgan fingerprint density at radius 1 is 1.27 bits per heavy atom. The van der Waals surface area contributed by atoms with Crippen molar-refractivity contribution in [3.05, 3.63) is 29.8 Å². The number of hydrogen-bond acceptors (Lipinski definition) is 2. The molecule has 0 aliphatic carbocycles. The third-order valence-electron chi connectivity index (χ3n) is 2.44. The van der Waals surface area contributed by atoms with Gasteiger partial charge in [0.15, 0.2) is 0 Å². The fourth-order valence-corrected chi connectivity index (χ4v) is 1.32. The minimum atomic E-state index is 0.285. The maximum absolute atomic E-state index is 5.85. The second-order valence-electron chi connectivity index (χ2n) is 3.72. The standard InChI is InChI=1S/C13H21NO/c1-4-11(3)15-13-9-7-6-8-12(13)10-14-5-2/h6-9,11,14H,4-5,10H2,1-3H3/t11-/m0/s1. The lowest BCUT2D eigenvalue weighted by Gasteiger charge is -2.16. The minimum absolute atomic E-state index is 0.285. The minimum Gasteiger partial charge on any atom is -0.490 e. The van der Waals surface area contributed by atoms with Gasteiger partial charge in [-0.05, 0) is 26.0 Å². The van der Waals surface area contributed by atoms with E-state index in [1.54, 1.807) is 0 Å². The Morgan fingerprint density at radius 3 is 2.67 bits per heavy atom. The summed E-state index contributed by atoms with van der Waals surface area (Å²) in [5, 5.41) is 3.32. The van der Waals surface area contributed by atoms with E-state index in [4.69, 9.17) is 4.74 Å². The lowest BCUT2D eigenvalue weighted by Crippen LogP contribution is -2.15. The number of rotatable bonds is 6. The van der Waals surface area contributed by atoms with Crippen molar-refractivity contribution in [1.82, 2.24) is 5.32 Å². The molecule has 84 valence electrons. The van der Waals surface area contributed by atoms with Crippen LogP contribution in [-0.4, -0.2) is 12.6 Å². The first kappa shape index (κ1) is 12.1. The Balaban J connectivity index is 2.67. The molecule has 0 radical (unpaired) electrons. The normalized spacial score (nSPS) is 12.5. The summed E-state index contributed by atoms with van der Waals surface area (Å²) in [6, 6.07) is 8.22. The van der Waals surface area contributed by atoms with Gasteiger partial charge in [-0.15, -0.1) is 0 Å². The van der Waals surface area contributed by atoms with Gasteiger partial charge >= 0.3 is 0 Å². The smallest absolute Gasteiger partial charge is 0.124 e. The molecule has 0 amide bonds. The highest BCUT2D eigenvalue weighted by Crippen LogP contribution is 2.19. The van der Waals surface area contributed by atoms with Crippen molar-refractivity contribution < 1.29 is 4.74 Å². The quantitative estimate of drug-likeness (QED) is 0.774. The molecule has 0 spiro atoms. The van der Waals surface area contributed by atoms with Crippen LogP contribution in [0.3, 0.4) is 0 Å². The summed E-state index contributed by atoms with van der Waals surface area (Å²) in [6.07, 6.45) is 1.32. The maximum atomic E-state index is 5.85. The summed E-state index contributed by atoms with van der Waals surface area (Å²) in [5.74, 6) is 1.01. The van der Waals surface area contributed by atoms with Crippen molar-refractivity contribution in [3.63, 3.8) is 0 Å². The molecule has 2 nitrogen and oxygen atoms in total. The molecular formula is C13H21NO. The van der Waals surface area contributed by atoms with E-state index in [9.17, 15) is 0 Å². The van der Waals surface area contributed by atoms with Crippen LogP contribution >= 0.6 is 0 Å². The molecule has 1 aromatic rings. The van der Waals surface area contributed by atoms with Crippen molar-refractivity contribution in [1.29, 1.82) is 0 Å². The summed E-state index contributed by atoms with van der Waals surface area (Å²) >= 11 is 0. The first-order chi connectivity index (χ1) is 7.27. The third-order valence-corrected chi connectivity index (χ3v) is 2.44. The molecule has 0 fully saturated rings. The summed E-state index contributed by atoms with van der Waals surface area (Å²) < 4.78 is 5.85. The van der Waals surface area contributed by atoms with Crippen molar-refractivity contribution >= 4 is 0 Å². The van der Waals surface area contributed by atoms with Crippen LogP contribution in [0, 0.1) is 0 Å². The summed E-state index contributed by atoms with van der Waals surface area (Å²) in [5.41, 5.74) is 1.24. The van der Waals surface area contributed by atoms with Crippen LogP contribution in [0.1, 0.15) is 32.8 Å². The number of nitrogens with one attached hydrogen (secondary N) is 1. The lowest BCUT2D eigenvalue weighted by molar-refractivity contribution is 0.215. The Kier molecular flexibility index (Phi) is 5.19. The highest BCUT2D eigenvalue weighted by molar-refractivity contribution is 5.33. The van der Waals surface area contributed by atoms with E-state index in [0.29, 0.717) is 0 Å². The van der Waals surface area contributed by atoms with Crippen LogP contribution in [0.5, 0.6) is 5.75 Å². The predicted octanol–water partition coefficient (Wildman–Crippen LogP) is 2.97. The van der Waals surface area contributed by atoms with Gasteiger partial charge in [0.25, 0.3) is 0 Å². The molecule has 1 atom stereocenters. The fraction of sp³-hybridized carbons (Fsp3) is 0.538. The third kappa shape index (κ3) is 3.92. The molecule has 2 heteroatoms. The van der Waals surface area contributed by atoms with Gasteiger partial charge in [-0.3, -0.25) is 0 Å². The Hall–Kier alpha value is -1.02. The molecule has 0 aliphatic rings. The van der Waals surface area contributed by atoms with Crippen LogP contribution in [0.25, 0.3) is 0 Å². The van der Waals surface area contributed by atoms with E-state index < -0.39 is 0 Å². The molecule has 1 aromatic carbocycles. The van der Waals surface area contributed by atoms with Gasteiger partial charge in [-0.1, -0.05) is 32.0 Å². The largest absolute Gasteiger partial charge is 0.490 e. The van der Waals surface area contributed by atoms with Gasteiger partial charge in [-0.25, -0.2) is 0 Å². The Labute approximate surface area is 92.6 Å². The second-order valence-corrected chi connectivity index (χ2v) is 3.72. The molecule has 0 heterocycles. The van der Waals surface area contributed by atoms with Crippen molar-refractivity contribution in [3.8, 4) is 5.75 Å². The van der Waals surface area contributed by atoms with E-state index in [2.05, 4.69) is 38.2 Å². The molecule has 0 saturated carbocycles. The van der Waals surface area contributed by atoms with E-state index >= 15 is 0 Å². The second kappa shape index (κ2) is 6.46. The van der Waals surface area contributed by atoms with E-state index in [0.717, 1.165) is 25.3 Å². The maximum Gasteiger partial charge on any atom is 0.124 e. The summed E-state index contributed by atoms with van der Waals surface area (Å²) in [6.45, 7) is 8.21. The van der Waals surface area contributed by atoms with Crippen LogP contribution in [0.2, 0.25) is 0 Å². The number of para-hydroxylation sites is 1. The van der Waals surface area contributed by atoms with Crippen LogP contribution < -0.4 is 10.1 Å². The zero-order valence-corrected chi connectivity index (χ0v) is 9.92. The Morgan fingerprint density at radius 2 is 2.00 bits per heavy atom.